The van der Waals surface area contributed by atoms with Crippen LogP contribution in [0, 0.1) is 13.8 Å². The number of thiophene rings is 1. The van der Waals surface area contributed by atoms with Crippen LogP contribution in [0.4, 0.5) is 5.69 Å². The highest BCUT2D eigenvalue weighted by Gasteiger charge is 2.26. The van der Waals surface area contributed by atoms with Crippen LogP contribution >= 0.6 is 11.3 Å². The molecule has 0 atom stereocenters. The van der Waals surface area contributed by atoms with Gasteiger partial charge in [0.15, 0.2) is 0 Å². The summed E-state index contributed by atoms with van der Waals surface area (Å²) in [7, 11) is 0. The van der Waals surface area contributed by atoms with Crippen molar-refractivity contribution >= 4 is 22.9 Å². The van der Waals surface area contributed by atoms with Gasteiger partial charge in [-0.25, -0.2) is 0 Å². The maximum absolute atomic E-state index is 12.4. The topological polar surface area (TPSA) is 71.3 Å². The van der Waals surface area contributed by atoms with E-state index in [1.807, 2.05) is 42.8 Å². The van der Waals surface area contributed by atoms with Crippen LogP contribution in [0.2, 0.25) is 0 Å². The second kappa shape index (κ2) is 8.24. The normalized spacial score (nSPS) is 15.6. The number of rotatable bonds is 5. The lowest BCUT2D eigenvalue weighted by Crippen LogP contribution is -2.38. The summed E-state index contributed by atoms with van der Waals surface area (Å²) in [5.41, 5.74) is 4.14. The van der Waals surface area contributed by atoms with E-state index in [0.29, 0.717) is 18.3 Å². The van der Waals surface area contributed by atoms with Gasteiger partial charge in [-0.2, -0.15) is 11.3 Å². The van der Waals surface area contributed by atoms with E-state index in [1.54, 1.807) is 11.3 Å². The molecule has 4 rings (SSSR count). The van der Waals surface area contributed by atoms with E-state index in [1.165, 1.54) is 0 Å². The molecule has 146 valence electrons. The fourth-order valence-electron chi connectivity index (χ4n) is 3.69. The molecule has 6 nitrogen and oxygen atoms in total. The van der Waals surface area contributed by atoms with Gasteiger partial charge in [0.05, 0.1) is 6.54 Å². The SMILES string of the molecule is Cc1cc(C)cc(NC(=O)CN2CCC(c3nnc(-c4ccsc4)o3)CC2)c1. The van der Waals surface area contributed by atoms with Gasteiger partial charge in [0.2, 0.25) is 17.7 Å². The molecule has 3 aromatic rings. The highest BCUT2D eigenvalue weighted by Crippen LogP contribution is 2.29. The Bertz CT molecular complexity index is 923. The van der Waals surface area contributed by atoms with Crippen LogP contribution in [0.1, 0.15) is 35.8 Å². The number of hydrogen-bond donors (Lipinski definition) is 1. The highest BCUT2D eigenvalue weighted by atomic mass is 32.1. The van der Waals surface area contributed by atoms with E-state index in [9.17, 15) is 4.79 Å². The summed E-state index contributed by atoms with van der Waals surface area (Å²) in [5.74, 6) is 1.59. The van der Waals surface area contributed by atoms with Crippen molar-refractivity contribution < 1.29 is 9.21 Å². The predicted octanol–water partition coefficient (Wildman–Crippen LogP) is 4.23. The number of piperidine rings is 1. The van der Waals surface area contributed by atoms with Crippen LogP contribution in [0.25, 0.3) is 11.5 Å². The number of likely N-dealkylation sites (tertiary alicyclic amines) is 1. The van der Waals surface area contributed by atoms with Crippen molar-refractivity contribution in [1.82, 2.24) is 15.1 Å². The second-order valence-electron chi connectivity index (χ2n) is 7.43. The fourth-order valence-corrected chi connectivity index (χ4v) is 4.32. The monoisotopic (exact) mass is 396 g/mol. The number of benzene rings is 1. The Morgan fingerprint density at radius 1 is 1.21 bits per heavy atom. The smallest absolute Gasteiger partial charge is 0.248 e. The molecular formula is C21H24N4O2S. The van der Waals surface area contributed by atoms with Gasteiger partial charge in [0.1, 0.15) is 0 Å². The number of carbonyl (C=O) groups is 1. The molecule has 7 heteroatoms. The molecule has 0 bridgehead atoms. The van der Waals surface area contributed by atoms with Gasteiger partial charge in [-0.15, -0.1) is 10.2 Å². The molecule has 1 aliphatic heterocycles. The highest BCUT2D eigenvalue weighted by molar-refractivity contribution is 7.08. The number of aromatic nitrogens is 2. The van der Waals surface area contributed by atoms with Gasteiger partial charge in [0.25, 0.3) is 0 Å². The van der Waals surface area contributed by atoms with Gasteiger partial charge in [-0.05, 0) is 74.5 Å². The van der Waals surface area contributed by atoms with E-state index >= 15 is 0 Å². The van der Waals surface area contributed by atoms with Gasteiger partial charge in [0, 0.05) is 22.5 Å². The fraction of sp³-hybridized carbons (Fsp3) is 0.381. The average Bonchev–Trinajstić information content (AvgIpc) is 3.33. The summed E-state index contributed by atoms with van der Waals surface area (Å²) < 4.78 is 5.87. The van der Waals surface area contributed by atoms with E-state index in [2.05, 4.69) is 26.5 Å². The molecule has 0 radical (unpaired) electrons. The first kappa shape index (κ1) is 18.8. The zero-order valence-electron chi connectivity index (χ0n) is 16.1. The van der Waals surface area contributed by atoms with Gasteiger partial charge in [-0.3, -0.25) is 9.69 Å². The number of aryl methyl sites for hydroxylation is 2. The number of hydrogen-bond acceptors (Lipinski definition) is 6. The molecule has 28 heavy (non-hydrogen) atoms. The summed E-state index contributed by atoms with van der Waals surface area (Å²) in [4.78, 5) is 14.6. The second-order valence-corrected chi connectivity index (χ2v) is 8.21. The van der Waals surface area contributed by atoms with Crippen molar-refractivity contribution in [2.24, 2.45) is 0 Å². The van der Waals surface area contributed by atoms with E-state index in [0.717, 1.165) is 48.3 Å². The maximum atomic E-state index is 12.4. The minimum absolute atomic E-state index is 0.0287. The molecule has 1 N–H and O–H groups in total. The first-order valence-electron chi connectivity index (χ1n) is 9.53. The largest absolute Gasteiger partial charge is 0.420 e. The Hall–Kier alpha value is -2.51. The molecule has 3 heterocycles. The molecule has 0 spiro atoms. The lowest BCUT2D eigenvalue weighted by atomic mass is 9.97. The summed E-state index contributed by atoms with van der Waals surface area (Å²) in [5, 5.41) is 15.4. The first-order valence-corrected chi connectivity index (χ1v) is 10.5. The van der Waals surface area contributed by atoms with Gasteiger partial charge < -0.3 is 9.73 Å². The van der Waals surface area contributed by atoms with Crippen molar-refractivity contribution in [2.45, 2.75) is 32.6 Å². The number of carbonyl (C=O) groups excluding carboxylic acids is 1. The third kappa shape index (κ3) is 4.48. The summed E-state index contributed by atoms with van der Waals surface area (Å²) in [6.45, 7) is 6.18. The van der Waals surface area contributed by atoms with Crippen LogP contribution in [0.15, 0.2) is 39.4 Å². The van der Waals surface area contributed by atoms with Crippen LogP contribution in [-0.2, 0) is 4.79 Å². The number of nitrogens with zero attached hydrogens (tertiary/aromatic N) is 3. The van der Waals surface area contributed by atoms with Crippen molar-refractivity contribution in [3.63, 3.8) is 0 Å². The Morgan fingerprint density at radius 2 is 1.96 bits per heavy atom. The third-order valence-electron chi connectivity index (χ3n) is 5.02. The Morgan fingerprint density at radius 3 is 2.64 bits per heavy atom. The van der Waals surface area contributed by atoms with Crippen molar-refractivity contribution in [2.75, 3.05) is 25.0 Å². The Balaban J connectivity index is 1.29. The Labute approximate surface area is 168 Å². The molecule has 1 aromatic carbocycles. The molecule has 1 saturated heterocycles. The standard InChI is InChI=1S/C21H24N4O2S/c1-14-9-15(2)11-18(10-14)22-19(26)12-25-6-3-16(4-7-25)20-23-24-21(27-20)17-5-8-28-13-17/h5,8-11,13,16H,3-4,6-7,12H2,1-2H3,(H,22,26). The van der Waals surface area contributed by atoms with E-state index in [4.69, 9.17) is 4.42 Å². The lowest BCUT2D eigenvalue weighted by molar-refractivity contribution is -0.117. The van der Waals surface area contributed by atoms with Crippen molar-refractivity contribution in [3.05, 3.63) is 52.0 Å². The third-order valence-corrected chi connectivity index (χ3v) is 5.70. The van der Waals surface area contributed by atoms with Gasteiger partial charge >= 0.3 is 0 Å². The molecule has 1 aliphatic rings. The number of nitrogens with one attached hydrogen (secondary N) is 1. The van der Waals surface area contributed by atoms with Gasteiger partial charge in [-0.1, -0.05) is 6.07 Å². The average molecular weight is 397 g/mol. The van der Waals surface area contributed by atoms with E-state index in [-0.39, 0.29) is 11.8 Å². The zero-order chi connectivity index (χ0) is 19.5. The first-order chi connectivity index (χ1) is 13.6. The van der Waals surface area contributed by atoms with Crippen LogP contribution in [0.3, 0.4) is 0 Å². The molecule has 2 aromatic heterocycles. The summed E-state index contributed by atoms with van der Waals surface area (Å²) >= 11 is 1.61. The van der Waals surface area contributed by atoms with Crippen LogP contribution < -0.4 is 5.32 Å². The van der Waals surface area contributed by atoms with Crippen molar-refractivity contribution in [3.8, 4) is 11.5 Å². The van der Waals surface area contributed by atoms with Crippen LogP contribution in [0.5, 0.6) is 0 Å². The molecular weight excluding hydrogens is 372 g/mol. The zero-order valence-corrected chi connectivity index (χ0v) is 17.0. The summed E-state index contributed by atoms with van der Waals surface area (Å²) in [6.07, 6.45) is 1.84. The molecule has 1 fully saturated rings. The predicted molar refractivity (Wildman–Crippen MR) is 111 cm³/mol. The minimum atomic E-state index is 0.0287. The van der Waals surface area contributed by atoms with E-state index < -0.39 is 0 Å². The molecule has 1 amide bonds. The van der Waals surface area contributed by atoms with Crippen molar-refractivity contribution in [1.29, 1.82) is 0 Å². The molecule has 0 saturated carbocycles. The number of amides is 1. The van der Waals surface area contributed by atoms with Crippen LogP contribution in [-0.4, -0.2) is 40.6 Å². The maximum Gasteiger partial charge on any atom is 0.248 e. The quantitative estimate of drug-likeness (QED) is 0.699. The summed E-state index contributed by atoms with van der Waals surface area (Å²) in [6, 6.07) is 8.08. The Kier molecular flexibility index (Phi) is 5.54. The lowest BCUT2D eigenvalue weighted by Gasteiger charge is -2.29. The minimum Gasteiger partial charge on any atom is -0.420 e. The molecule has 0 aliphatic carbocycles. The molecule has 0 unspecified atom stereocenters. The number of anilines is 1.